The third-order valence-corrected chi connectivity index (χ3v) is 5.86. The highest BCUT2D eigenvalue weighted by Gasteiger charge is 2.18. The molecular weight excluding hydrogens is 453 g/mol. The molecule has 11 heteroatoms. The van der Waals surface area contributed by atoms with Crippen molar-refractivity contribution in [3.8, 4) is 5.75 Å². The number of carbonyl (C=O) groups excluding carboxylic acids is 2. The summed E-state index contributed by atoms with van der Waals surface area (Å²) in [5.74, 6) is -1.77. The SMILES string of the molecule is Cc1c(Cc2cccc(S(=O)NCC(N)=O)c2)c(=O)oc2cc(OC(=O)N(C)C)c(F)cc12. The fourth-order valence-corrected chi connectivity index (χ4v) is 3.95. The van der Waals surface area contributed by atoms with Gasteiger partial charge in [-0.1, -0.05) is 12.1 Å². The summed E-state index contributed by atoms with van der Waals surface area (Å²) < 4.78 is 39.7. The molecule has 0 aliphatic rings. The standard InChI is InChI=1S/C22H22FN3O6S/c1-12-15-9-17(23)19(32-22(29)26(2)3)10-18(15)31-21(28)16(12)8-13-5-4-6-14(7-13)33(30)25-11-20(24)27/h4-7,9-10,25H,8,11H2,1-3H3,(H2,24,27). The zero-order valence-corrected chi connectivity index (χ0v) is 19.0. The zero-order chi connectivity index (χ0) is 24.3. The molecule has 0 aliphatic carbocycles. The topological polar surface area (TPSA) is 132 Å². The Bertz CT molecular complexity index is 1320. The van der Waals surface area contributed by atoms with Crippen LogP contribution in [0.1, 0.15) is 16.7 Å². The van der Waals surface area contributed by atoms with Crippen LogP contribution in [-0.4, -0.2) is 41.7 Å². The third-order valence-electron chi connectivity index (χ3n) is 4.77. The van der Waals surface area contributed by atoms with Gasteiger partial charge in [-0.25, -0.2) is 22.9 Å². The fourth-order valence-electron chi connectivity index (χ4n) is 3.05. The maximum atomic E-state index is 14.6. The summed E-state index contributed by atoms with van der Waals surface area (Å²) in [7, 11) is 1.24. The molecule has 3 aromatic rings. The highest BCUT2D eigenvalue weighted by molar-refractivity contribution is 7.83. The van der Waals surface area contributed by atoms with E-state index in [-0.39, 0.29) is 24.3 Å². The van der Waals surface area contributed by atoms with Crippen molar-refractivity contribution in [3.63, 3.8) is 0 Å². The van der Waals surface area contributed by atoms with Gasteiger partial charge in [0, 0.05) is 37.5 Å². The minimum Gasteiger partial charge on any atom is -0.422 e. The maximum Gasteiger partial charge on any atom is 0.414 e. The molecule has 2 amide bonds. The molecular formula is C22H22FN3O6S. The molecule has 0 saturated carbocycles. The number of nitrogens with two attached hydrogens (primary N) is 1. The van der Waals surface area contributed by atoms with Crippen LogP contribution in [0.4, 0.5) is 9.18 Å². The van der Waals surface area contributed by atoms with Gasteiger partial charge in [0.15, 0.2) is 11.6 Å². The summed E-state index contributed by atoms with van der Waals surface area (Å²) in [6.07, 6.45) is -0.629. The molecule has 3 N–H and O–H groups in total. The molecule has 0 saturated heterocycles. The largest absolute Gasteiger partial charge is 0.422 e. The van der Waals surface area contributed by atoms with Crippen LogP contribution in [0.5, 0.6) is 5.75 Å². The lowest BCUT2D eigenvalue weighted by atomic mass is 9.99. The first-order valence-electron chi connectivity index (χ1n) is 9.74. The molecule has 1 heterocycles. The smallest absolute Gasteiger partial charge is 0.414 e. The highest BCUT2D eigenvalue weighted by atomic mass is 32.2. The van der Waals surface area contributed by atoms with Crippen molar-refractivity contribution in [1.82, 2.24) is 9.62 Å². The quantitative estimate of drug-likeness (QED) is 0.503. The molecule has 0 spiro atoms. The number of fused-ring (bicyclic) bond motifs is 1. The van der Waals surface area contributed by atoms with Crippen LogP contribution >= 0.6 is 0 Å². The second-order valence-electron chi connectivity index (χ2n) is 7.41. The van der Waals surface area contributed by atoms with E-state index in [4.69, 9.17) is 14.9 Å². The molecule has 0 fully saturated rings. The number of aryl methyl sites for hydroxylation is 1. The van der Waals surface area contributed by atoms with Crippen molar-refractivity contribution in [1.29, 1.82) is 0 Å². The molecule has 174 valence electrons. The Labute approximate surface area is 190 Å². The minimum atomic E-state index is -1.67. The van der Waals surface area contributed by atoms with Crippen molar-refractivity contribution in [2.24, 2.45) is 5.73 Å². The lowest BCUT2D eigenvalue weighted by molar-refractivity contribution is -0.116. The Morgan fingerprint density at radius 2 is 1.97 bits per heavy atom. The summed E-state index contributed by atoms with van der Waals surface area (Å²) in [6.45, 7) is 1.41. The molecule has 2 aromatic carbocycles. The molecule has 9 nitrogen and oxygen atoms in total. The van der Waals surface area contributed by atoms with E-state index in [1.54, 1.807) is 31.2 Å². The first-order valence-corrected chi connectivity index (χ1v) is 10.9. The molecule has 1 unspecified atom stereocenters. The average Bonchev–Trinajstić information content (AvgIpc) is 2.76. The Hall–Kier alpha value is -3.57. The van der Waals surface area contributed by atoms with Gasteiger partial charge in [0.25, 0.3) is 0 Å². The molecule has 1 aromatic heterocycles. The van der Waals surface area contributed by atoms with E-state index in [2.05, 4.69) is 4.72 Å². The number of halogens is 1. The molecule has 0 bridgehead atoms. The number of rotatable bonds is 7. The average molecular weight is 475 g/mol. The van der Waals surface area contributed by atoms with Gasteiger partial charge in [-0.15, -0.1) is 0 Å². The van der Waals surface area contributed by atoms with Gasteiger partial charge >= 0.3 is 11.7 Å². The molecule has 3 rings (SSSR count). The predicted molar refractivity (Wildman–Crippen MR) is 120 cm³/mol. The van der Waals surface area contributed by atoms with Crippen molar-refractivity contribution in [2.75, 3.05) is 20.6 Å². The van der Waals surface area contributed by atoms with Crippen LogP contribution in [0, 0.1) is 12.7 Å². The highest BCUT2D eigenvalue weighted by Crippen LogP contribution is 2.28. The van der Waals surface area contributed by atoms with Gasteiger partial charge in [-0.3, -0.25) is 4.79 Å². The van der Waals surface area contributed by atoms with E-state index in [0.717, 1.165) is 11.0 Å². The van der Waals surface area contributed by atoms with Gasteiger partial charge in [-0.2, -0.15) is 0 Å². The van der Waals surface area contributed by atoms with Crippen LogP contribution in [0.25, 0.3) is 11.0 Å². The third kappa shape index (κ3) is 5.62. The monoisotopic (exact) mass is 475 g/mol. The molecule has 0 aliphatic heterocycles. The number of hydrogen-bond donors (Lipinski definition) is 2. The number of benzene rings is 2. The van der Waals surface area contributed by atoms with E-state index >= 15 is 0 Å². The minimum absolute atomic E-state index is 0.0784. The van der Waals surface area contributed by atoms with Gasteiger partial charge in [0.2, 0.25) is 5.91 Å². The van der Waals surface area contributed by atoms with Crippen molar-refractivity contribution < 1.29 is 27.3 Å². The second-order valence-corrected chi connectivity index (χ2v) is 8.71. The van der Waals surface area contributed by atoms with Crippen LogP contribution in [0.2, 0.25) is 0 Å². The van der Waals surface area contributed by atoms with E-state index in [0.29, 0.717) is 27.0 Å². The summed E-state index contributed by atoms with van der Waals surface area (Å²) >= 11 is 0. The summed E-state index contributed by atoms with van der Waals surface area (Å²) in [6, 6.07) is 8.94. The van der Waals surface area contributed by atoms with Crippen LogP contribution < -0.4 is 20.8 Å². The van der Waals surface area contributed by atoms with Crippen LogP contribution in [0.15, 0.2) is 50.5 Å². The van der Waals surface area contributed by atoms with Crippen molar-refractivity contribution in [2.45, 2.75) is 18.2 Å². The fraction of sp³-hybridized carbons (Fsp3) is 0.227. The molecule has 1 atom stereocenters. The Kier molecular flexibility index (Phi) is 7.24. The first kappa shape index (κ1) is 24.1. The van der Waals surface area contributed by atoms with E-state index in [9.17, 15) is 23.0 Å². The number of carbonyl (C=O) groups is 2. The molecule has 0 radical (unpaired) electrons. The zero-order valence-electron chi connectivity index (χ0n) is 18.1. The van der Waals surface area contributed by atoms with E-state index in [1.807, 2.05) is 0 Å². The normalized spacial score (nSPS) is 11.9. The number of nitrogens with zero attached hydrogens (tertiary/aromatic N) is 1. The first-order chi connectivity index (χ1) is 15.6. The number of ether oxygens (including phenoxy) is 1. The second kappa shape index (κ2) is 9.92. The number of amides is 2. The van der Waals surface area contributed by atoms with Crippen LogP contribution in [0.3, 0.4) is 0 Å². The van der Waals surface area contributed by atoms with Gasteiger partial charge in [-0.05, 0) is 36.2 Å². The number of nitrogens with one attached hydrogen (secondary N) is 1. The van der Waals surface area contributed by atoms with Crippen molar-refractivity contribution >= 4 is 34.0 Å². The lowest BCUT2D eigenvalue weighted by Gasteiger charge is -2.13. The maximum absolute atomic E-state index is 14.6. The lowest BCUT2D eigenvalue weighted by Crippen LogP contribution is -2.29. The van der Waals surface area contributed by atoms with Gasteiger partial charge in [0.1, 0.15) is 16.6 Å². The Balaban J connectivity index is 1.94. The van der Waals surface area contributed by atoms with Crippen molar-refractivity contribution in [3.05, 3.63) is 69.3 Å². The predicted octanol–water partition coefficient (Wildman–Crippen LogP) is 1.99. The summed E-state index contributed by atoms with van der Waals surface area (Å²) in [5, 5.41) is 0.356. The van der Waals surface area contributed by atoms with Gasteiger partial charge < -0.3 is 19.8 Å². The Morgan fingerprint density at radius 3 is 2.64 bits per heavy atom. The summed E-state index contributed by atoms with van der Waals surface area (Å²) in [5.41, 5.74) is 5.96. The molecule has 33 heavy (non-hydrogen) atoms. The summed E-state index contributed by atoms with van der Waals surface area (Å²) in [4.78, 5) is 36.8. The van der Waals surface area contributed by atoms with E-state index < -0.39 is 34.4 Å². The number of hydrogen-bond acceptors (Lipinski definition) is 6. The number of primary amides is 1. The Morgan fingerprint density at radius 1 is 1.24 bits per heavy atom. The van der Waals surface area contributed by atoms with Gasteiger partial charge in [0.05, 0.1) is 11.4 Å². The van der Waals surface area contributed by atoms with Crippen LogP contribution in [-0.2, 0) is 22.2 Å². The van der Waals surface area contributed by atoms with E-state index in [1.165, 1.54) is 20.2 Å².